The number of aromatic nitrogens is 1. The lowest BCUT2D eigenvalue weighted by Gasteiger charge is -1.93. The minimum Gasteiger partial charge on any atom is -0.364 e. The third kappa shape index (κ3) is 3.17. The quantitative estimate of drug-likeness (QED) is 0.831. The number of hydrogen-bond acceptors (Lipinski definition) is 2. The molecule has 18 heavy (non-hydrogen) atoms. The van der Waals surface area contributed by atoms with E-state index in [0.717, 1.165) is 0 Å². The molecule has 0 saturated heterocycles. The number of pyridine rings is 1. The zero-order chi connectivity index (χ0) is 12.8. The van der Waals surface area contributed by atoms with Gasteiger partial charge in [0.1, 0.15) is 5.69 Å². The number of primary amides is 1. The van der Waals surface area contributed by atoms with Crippen molar-refractivity contribution in [1.82, 2.24) is 4.98 Å². The predicted molar refractivity (Wildman–Crippen MR) is 71.2 cm³/mol. The second-order valence-electron chi connectivity index (χ2n) is 4.20. The van der Waals surface area contributed by atoms with Crippen LogP contribution in [-0.4, -0.2) is 10.9 Å². The van der Waals surface area contributed by atoms with Crippen LogP contribution in [0.1, 0.15) is 28.0 Å². The molecule has 1 aromatic heterocycles. The molecule has 0 bridgehead atoms. The highest BCUT2D eigenvalue weighted by molar-refractivity contribution is 5.90. The molecule has 3 heteroatoms. The highest BCUT2D eigenvalue weighted by Crippen LogP contribution is 2.20. The van der Waals surface area contributed by atoms with E-state index in [4.69, 9.17) is 5.73 Å². The predicted octanol–water partition coefficient (Wildman–Crippen LogP) is 2.36. The van der Waals surface area contributed by atoms with Crippen molar-refractivity contribution in [3.05, 3.63) is 65.5 Å². The van der Waals surface area contributed by atoms with Gasteiger partial charge in [0, 0.05) is 6.20 Å². The van der Waals surface area contributed by atoms with Crippen molar-refractivity contribution in [2.45, 2.75) is 19.3 Å². The van der Waals surface area contributed by atoms with Crippen molar-refractivity contribution < 1.29 is 4.79 Å². The monoisotopic (exact) mass is 240 g/mol. The first-order chi connectivity index (χ1) is 8.77. The molecule has 1 aromatic carbocycles. The maximum Gasteiger partial charge on any atom is 0.267 e. The number of benzene rings is 1. The Kier molecular flexibility index (Phi) is 4.07. The minimum atomic E-state index is -0.490. The number of carbonyl (C=O) groups excluding carboxylic acids is 1. The van der Waals surface area contributed by atoms with Crippen molar-refractivity contribution in [2.24, 2.45) is 5.73 Å². The van der Waals surface area contributed by atoms with Crippen LogP contribution in [0.25, 0.3) is 0 Å². The van der Waals surface area contributed by atoms with E-state index in [9.17, 15) is 4.79 Å². The molecule has 1 heterocycles. The maximum absolute atomic E-state index is 10.4. The highest BCUT2D eigenvalue weighted by Gasteiger charge is 2.07. The van der Waals surface area contributed by atoms with Crippen LogP contribution >= 0.6 is 0 Å². The maximum atomic E-state index is 10.4. The Morgan fingerprint density at radius 3 is 2.06 bits per heavy atom. The summed E-state index contributed by atoms with van der Waals surface area (Å²) in [5.74, 6) is -0.490. The summed E-state index contributed by atoms with van der Waals surface area (Å²) in [5.41, 5.74) is 8.35. The van der Waals surface area contributed by atoms with Gasteiger partial charge in [0.15, 0.2) is 0 Å². The Labute approximate surface area is 107 Å². The lowest BCUT2D eigenvalue weighted by Crippen LogP contribution is -2.12. The van der Waals surface area contributed by atoms with Crippen LogP contribution in [0.3, 0.4) is 0 Å². The molecule has 2 N–H and O–H groups in total. The number of nitrogens with zero attached hydrogens (tertiary/aromatic N) is 1. The van der Waals surface area contributed by atoms with E-state index in [1.807, 2.05) is 0 Å². The van der Waals surface area contributed by atoms with E-state index in [1.165, 1.54) is 25.5 Å². The number of amides is 1. The average Bonchev–Trinajstić information content (AvgIpc) is 2.89. The van der Waals surface area contributed by atoms with Crippen LogP contribution in [-0.2, 0) is 12.8 Å². The summed E-state index contributed by atoms with van der Waals surface area (Å²) in [6.07, 6.45) is 5.49. The fourth-order valence-corrected chi connectivity index (χ4v) is 2.02. The summed E-state index contributed by atoms with van der Waals surface area (Å²) >= 11 is 0. The van der Waals surface area contributed by atoms with E-state index >= 15 is 0 Å². The summed E-state index contributed by atoms with van der Waals surface area (Å²) in [6.45, 7) is 0. The molecule has 0 radical (unpaired) electrons. The van der Waals surface area contributed by atoms with Gasteiger partial charge in [-0.2, -0.15) is 0 Å². The first-order valence-electron chi connectivity index (χ1n) is 6.05. The smallest absolute Gasteiger partial charge is 0.267 e. The lowest BCUT2D eigenvalue weighted by molar-refractivity contribution is 0.0995. The number of aryl methyl sites for hydroxylation is 2. The number of hydrogen-bond donors (Lipinski definition) is 1. The Hall–Kier alpha value is -2.16. The van der Waals surface area contributed by atoms with Crippen LogP contribution in [0, 0.1) is 0 Å². The molecule has 92 valence electrons. The molecule has 0 unspecified atom stereocenters. The molecule has 2 aromatic rings. The number of rotatable bonds is 1. The molecule has 0 saturated carbocycles. The van der Waals surface area contributed by atoms with Gasteiger partial charge in [0.05, 0.1) is 0 Å². The Morgan fingerprint density at radius 2 is 1.61 bits per heavy atom. The first kappa shape index (κ1) is 12.3. The Bertz CT molecular complexity index is 500. The molecule has 0 fully saturated rings. The molecule has 1 aliphatic carbocycles. The normalized spacial score (nSPS) is 12.2. The third-order valence-electron chi connectivity index (χ3n) is 2.93. The van der Waals surface area contributed by atoms with E-state index in [0.29, 0.717) is 5.69 Å². The van der Waals surface area contributed by atoms with Gasteiger partial charge in [-0.05, 0) is 42.5 Å². The standard InChI is InChI=1S/C9H10.C6H6N2O/c1-2-5-9-7-3-6-8(9)4-1;7-6(9)5-3-1-2-4-8-5/h1-2,4-5H,3,6-7H2;1-4H,(H2,7,9). The summed E-state index contributed by atoms with van der Waals surface area (Å²) in [4.78, 5) is 14.1. The highest BCUT2D eigenvalue weighted by atomic mass is 16.1. The van der Waals surface area contributed by atoms with Gasteiger partial charge in [-0.1, -0.05) is 30.3 Å². The molecular weight excluding hydrogens is 224 g/mol. The SMILES string of the molecule is NC(=O)c1ccccn1.c1ccc2c(c1)CCC2. The van der Waals surface area contributed by atoms with Gasteiger partial charge in [-0.25, -0.2) is 0 Å². The summed E-state index contributed by atoms with van der Waals surface area (Å²) in [5, 5.41) is 0. The molecule has 3 nitrogen and oxygen atoms in total. The molecule has 0 spiro atoms. The molecule has 3 rings (SSSR count). The topological polar surface area (TPSA) is 56.0 Å². The first-order valence-corrected chi connectivity index (χ1v) is 6.05. The largest absolute Gasteiger partial charge is 0.364 e. The van der Waals surface area contributed by atoms with Crippen molar-refractivity contribution in [3.63, 3.8) is 0 Å². The van der Waals surface area contributed by atoms with E-state index in [2.05, 4.69) is 29.2 Å². The van der Waals surface area contributed by atoms with E-state index in [1.54, 1.807) is 29.3 Å². The zero-order valence-electron chi connectivity index (χ0n) is 10.2. The van der Waals surface area contributed by atoms with Gasteiger partial charge in [-0.15, -0.1) is 0 Å². The van der Waals surface area contributed by atoms with Crippen molar-refractivity contribution >= 4 is 5.91 Å². The molecule has 1 aliphatic rings. The summed E-state index contributed by atoms with van der Waals surface area (Å²) in [6, 6.07) is 13.8. The van der Waals surface area contributed by atoms with Crippen LogP contribution in [0.15, 0.2) is 48.7 Å². The Balaban J connectivity index is 0.000000134. The van der Waals surface area contributed by atoms with Gasteiger partial charge < -0.3 is 5.73 Å². The zero-order valence-corrected chi connectivity index (χ0v) is 10.2. The van der Waals surface area contributed by atoms with E-state index < -0.39 is 5.91 Å². The third-order valence-corrected chi connectivity index (χ3v) is 2.93. The average molecular weight is 240 g/mol. The van der Waals surface area contributed by atoms with Crippen LogP contribution in [0.5, 0.6) is 0 Å². The number of nitrogens with two attached hydrogens (primary N) is 1. The fraction of sp³-hybridized carbons (Fsp3) is 0.200. The van der Waals surface area contributed by atoms with Crippen molar-refractivity contribution in [2.75, 3.05) is 0 Å². The summed E-state index contributed by atoms with van der Waals surface area (Å²) < 4.78 is 0. The number of carbonyl (C=O) groups is 1. The van der Waals surface area contributed by atoms with Gasteiger partial charge in [-0.3, -0.25) is 9.78 Å². The molecule has 1 amide bonds. The van der Waals surface area contributed by atoms with Crippen molar-refractivity contribution in [1.29, 1.82) is 0 Å². The van der Waals surface area contributed by atoms with Crippen LogP contribution in [0.4, 0.5) is 0 Å². The second-order valence-corrected chi connectivity index (χ2v) is 4.20. The van der Waals surface area contributed by atoms with Gasteiger partial charge in [0.25, 0.3) is 5.91 Å². The lowest BCUT2D eigenvalue weighted by atomic mass is 10.1. The van der Waals surface area contributed by atoms with E-state index in [-0.39, 0.29) is 0 Å². The molecule has 0 aliphatic heterocycles. The minimum absolute atomic E-state index is 0.303. The summed E-state index contributed by atoms with van der Waals surface area (Å²) in [7, 11) is 0. The Morgan fingerprint density at radius 1 is 1.00 bits per heavy atom. The van der Waals surface area contributed by atoms with Crippen molar-refractivity contribution in [3.8, 4) is 0 Å². The van der Waals surface area contributed by atoms with Gasteiger partial charge >= 0.3 is 0 Å². The van der Waals surface area contributed by atoms with Crippen LogP contribution in [0.2, 0.25) is 0 Å². The number of fused-ring (bicyclic) bond motifs is 1. The second kappa shape index (κ2) is 5.96. The van der Waals surface area contributed by atoms with Crippen LogP contribution < -0.4 is 5.73 Å². The molecular formula is C15H16N2O. The molecule has 0 atom stereocenters. The van der Waals surface area contributed by atoms with Gasteiger partial charge in [0.2, 0.25) is 0 Å². The fourth-order valence-electron chi connectivity index (χ4n) is 2.02.